The number of benzene rings is 2. The zero-order valence-electron chi connectivity index (χ0n) is 20.6. The molecule has 2 aromatic carbocycles. The number of sulfonamides is 1. The number of halogens is 1. The van der Waals surface area contributed by atoms with Crippen LogP contribution in [0.4, 0.5) is 5.69 Å². The molecule has 2 amide bonds. The third-order valence-electron chi connectivity index (χ3n) is 5.26. The molecule has 0 aromatic heterocycles. The Labute approximate surface area is 211 Å². The Morgan fingerprint density at radius 3 is 2.24 bits per heavy atom. The van der Waals surface area contributed by atoms with Gasteiger partial charge in [0, 0.05) is 16.6 Å². The van der Waals surface area contributed by atoms with E-state index in [0.29, 0.717) is 12.1 Å². The third-order valence-corrected chi connectivity index (χ3v) is 7.29. The van der Waals surface area contributed by atoms with Crippen molar-refractivity contribution in [2.45, 2.75) is 52.6 Å². The Bertz CT molecular complexity index is 1110. The molecule has 0 aliphatic rings. The lowest BCUT2D eigenvalue weighted by Crippen LogP contribution is -2.55. The Hall–Kier alpha value is -2.39. The molecule has 2 rings (SSSR count). The normalized spacial score (nSPS) is 12.7. The van der Waals surface area contributed by atoms with Crippen LogP contribution in [0.1, 0.15) is 38.8 Å². The highest BCUT2D eigenvalue weighted by atomic mass is 79.9. The molecule has 2 aromatic rings. The van der Waals surface area contributed by atoms with E-state index < -0.39 is 34.1 Å². The molecule has 1 N–H and O–H groups in total. The quantitative estimate of drug-likeness (QED) is 0.512. The van der Waals surface area contributed by atoms with E-state index in [-0.39, 0.29) is 12.5 Å². The number of hydrogen-bond donors (Lipinski definition) is 1. The summed E-state index contributed by atoms with van der Waals surface area (Å²) in [5.41, 5.74) is 1.80. The van der Waals surface area contributed by atoms with Crippen LogP contribution in [0.3, 0.4) is 0 Å². The second-order valence-corrected chi connectivity index (χ2v) is 12.2. The maximum Gasteiger partial charge on any atom is 0.244 e. The molecule has 0 aliphatic heterocycles. The fourth-order valence-corrected chi connectivity index (χ4v) is 4.53. The summed E-state index contributed by atoms with van der Waals surface area (Å²) in [5.74, 6) is -0.738. The van der Waals surface area contributed by atoms with E-state index in [9.17, 15) is 18.0 Å². The first-order valence-corrected chi connectivity index (χ1v) is 13.7. The van der Waals surface area contributed by atoms with E-state index in [2.05, 4.69) is 21.2 Å². The molecular weight excluding hydrogens is 518 g/mol. The minimum Gasteiger partial charge on any atom is -0.350 e. The van der Waals surface area contributed by atoms with Gasteiger partial charge in [-0.25, -0.2) is 8.42 Å². The minimum atomic E-state index is -3.75. The van der Waals surface area contributed by atoms with Gasteiger partial charge in [-0.2, -0.15) is 0 Å². The van der Waals surface area contributed by atoms with Gasteiger partial charge in [-0.1, -0.05) is 46.3 Å². The van der Waals surface area contributed by atoms with E-state index in [0.717, 1.165) is 26.2 Å². The van der Waals surface area contributed by atoms with Crippen molar-refractivity contribution in [1.29, 1.82) is 0 Å². The van der Waals surface area contributed by atoms with Crippen molar-refractivity contribution >= 4 is 43.5 Å². The van der Waals surface area contributed by atoms with Crippen LogP contribution in [-0.2, 0) is 26.0 Å². The summed E-state index contributed by atoms with van der Waals surface area (Å²) in [6, 6.07) is 14.0. The highest BCUT2D eigenvalue weighted by molar-refractivity contribution is 9.10. The number of nitrogens with one attached hydrogen (secondary N) is 1. The molecule has 0 unspecified atom stereocenters. The van der Waals surface area contributed by atoms with Crippen LogP contribution in [0.5, 0.6) is 0 Å². The molecule has 0 saturated carbocycles. The number of nitrogens with zero attached hydrogens (tertiary/aromatic N) is 2. The maximum absolute atomic E-state index is 13.5. The van der Waals surface area contributed by atoms with E-state index in [1.54, 1.807) is 25.1 Å². The molecule has 0 heterocycles. The molecule has 1 atom stereocenters. The summed E-state index contributed by atoms with van der Waals surface area (Å²) in [6.07, 6.45) is 1.61. The fourth-order valence-electron chi connectivity index (χ4n) is 3.44. The van der Waals surface area contributed by atoms with E-state index in [1.165, 1.54) is 4.90 Å². The predicted molar refractivity (Wildman–Crippen MR) is 140 cm³/mol. The van der Waals surface area contributed by atoms with Gasteiger partial charge in [-0.05, 0) is 70.4 Å². The van der Waals surface area contributed by atoms with Gasteiger partial charge in [0.25, 0.3) is 0 Å². The van der Waals surface area contributed by atoms with Gasteiger partial charge in [0.15, 0.2) is 0 Å². The van der Waals surface area contributed by atoms with Crippen LogP contribution < -0.4 is 9.62 Å². The van der Waals surface area contributed by atoms with Gasteiger partial charge in [0.1, 0.15) is 12.6 Å². The molecular formula is C25H34BrN3O4S. The van der Waals surface area contributed by atoms with Crippen LogP contribution in [0.15, 0.2) is 53.0 Å². The van der Waals surface area contributed by atoms with Gasteiger partial charge in [0.05, 0.1) is 11.9 Å². The van der Waals surface area contributed by atoms with Gasteiger partial charge in [-0.15, -0.1) is 0 Å². The van der Waals surface area contributed by atoms with Gasteiger partial charge >= 0.3 is 0 Å². The summed E-state index contributed by atoms with van der Waals surface area (Å²) in [6.45, 7) is 9.00. The van der Waals surface area contributed by atoms with Crippen molar-refractivity contribution in [3.63, 3.8) is 0 Å². The molecule has 9 heteroatoms. The lowest BCUT2D eigenvalue weighted by molar-refractivity contribution is -0.139. The number of rotatable bonds is 9. The zero-order chi connectivity index (χ0) is 25.7. The smallest absolute Gasteiger partial charge is 0.244 e. The monoisotopic (exact) mass is 551 g/mol. The molecule has 0 aliphatic carbocycles. The number of anilines is 1. The van der Waals surface area contributed by atoms with Gasteiger partial charge < -0.3 is 10.2 Å². The highest BCUT2D eigenvalue weighted by Crippen LogP contribution is 2.25. The maximum atomic E-state index is 13.5. The van der Waals surface area contributed by atoms with Crippen molar-refractivity contribution < 1.29 is 18.0 Å². The lowest BCUT2D eigenvalue weighted by atomic mass is 10.1. The first-order chi connectivity index (χ1) is 15.7. The number of hydrogen-bond acceptors (Lipinski definition) is 4. The van der Waals surface area contributed by atoms with Crippen molar-refractivity contribution in [2.24, 2.45) is 0 Å². The number of carbonyl (C=O) groups is 2. The average Bonchev–Trinajstić information content (AvgIpc) is 2.72. The van der Waals surface area contributed by atoms with E-state index in [4.69, 9.17) is 0 Å². The zero-order valence-corrected chi connectivity index (χ0v) is 23.0. The molecule has 0 bridgehead atoms. The van der Waals surface area contributed by atoms with Crippen LogP contribution in [0, 0.1) is 6.92 Å². The molecule has 7 nitrogen and oxygen atoms in total. The second-order valence-electron chi connectivity index (χ2n) is 9.44. The van der Waals surface area contributed by atoms with Crippen LogP contribution in [-0.4, -0.2) is 56.1 Å². The third kappa shape index (κ3) is 8.13. The fraction of sp³-hybridized carbons (Fsp3) is 0.440. The summed E-state index contributed by atoms with van der Waals surface area (Å²) in [5, 5.41) is 2.91. The second kappa shape index (κ2) is 11.4. The number of carbonyl (C=O) groups excluding carboxylic acids is 2. The Kier molecular flexibility index (Phi) is 9.30. The number of amides is 2. The summed E-state index contributed by atoms with van der Waals surface area (Å²) in [7, 11) is -3.75. The Morgan fingerprint density at radius 1 is 1.09 bits per heavy atom. The molecule has 0 radical (unpaired) electrons. The standard InChI is InChI=1S/C25H34BrN3O4S/c1-18-16-21(12-13-22(18)26)29(34(6,32)33)17-23(30)28(15-14-20-10-8-7-9-11-20)19(2)24(31)27-25(3,4)5/h7-13,16,19H,14-15,17H2,1-6H3,(H,27,31)/t19-/m1/s1. The molecule has 0 spiro atoms. The highest BCUT2D eigenvalue weighted by Gasteiger charge is 2.31. The van der Waals surface area contributed by atoms with Gasteiger partial charge in [-0.3, -0.25) is 13.9 Å². The molecule has 0 fully saturated rings. The predicted octanol–water partition coefficient (Wildman–Crippen LogP) is 3.90. The van der Waals surface area contributed by atoms with Crippen LogP contribution >= 0.6 is 15.9 Å². The topological polar surface area (TPSA) is 86.8 Å². The molecule has 0 saturated heterocycles. The SMILES string of the molecule is Cc1cc(N(CC(=O)N(CCc2ccccc2)[C@H](C)C(=O)NC(C)(C)C)S(C)(=O)=O)ccc1Br. The van der Waals surface area contributed by atoms with Crippen LogP contribution in [0.25, 0.3) is 0 Å². The van der Waals surface area contributed by atoms with Crippen molar-refractivity contribution in [3.8, 4) is 0 Å². The van der Waals surface area contributed by atoms with Crippen LogP contribution in [0.2, 0.25) is 0 Å². The average molecular weight is 553 g/mol. The van der Waals surface area contributed by atoms with Crippen molar-refractivity contribution in [2.75, 3.05) is 23.7 Å². The number of aryl methyl sites for hydroxylation is 1. The van der Waals surface area contributed by atoms with E-state index in [1.807, 2.05) is 58.0 Å². The Morgan fingerprint density at radius 2 is 1.71 bits per heavy atom. The molecule has 34 heavy (non-hydrogen) atoms. The first-order valence-electron chi connectivity index (χ1n) is 11.1. The Balaban J connectivity index is 2.34. The summed E-state index contributed by atoms with van der Waals surface area (Å²) >= 11 is 3.42. The minimum absolute atomic E-state index is 0.276. The van der Waals surface area contributed by atoms with Crippen molar-refractivity contribution in [1.82, 2.24) is 10.2 Å². The molecule has 186 valence electrons. The van der Waals surface area contributed by atoms with E-state index >= 15 is 0 Å². The first kappa shape index (κ1) is 27.9. The lowest BCUT2D eigenvalue weighted by Gasteiger charge is -2.33. The summed E-state index contributed by atoms with van der Waals surface area (Å²) in [4.78, 5) is 27.9. The summed E-state index contributed by atoms with van der Waals surface area (Å²) < 4.78 is 27.2. The largest absolute Gasteiger partial charge is 0.350 e. The van der Waals surface area contributed by atoms with Crippen molar-refractivity contribution in [3.05, 3.63) is 64.1 Å². The van der Waals surface area contributed by atoms with Gasteiger partial charge in [0.2, 0.25) is 21.8 Å².